The van der Waals surface area contributed by atoms with Crippen molar-refractivity contribution in [2.24, 2.45) is 5.73 Å². The van der Waals surface area contributed by atoms with E-state index in [1.165, 1.54) is 33.4 Å². The quantitative estimate of drug-likeness (QED) is 0.418. The molecule has 0 saturated carbocycles. The van der Waals surface area contributed by atoms with Crippen LogP contribution in [0.5, 0.6) is 11.5 Å². The van der Waals surface area contributed by atoms with Crippen molar-refractivity contribution in [2.45, 2.75) is 111 Å². The zero-order valence-corrected chi connectivity index (χ0v) is 25.6. The van der Waals surface area contributed by atoms with Crippen molar-refractivity contribution >= 4 is 8.60 Å². The summed E-state index contributed by atoms with van der Waals surface area (Å²) in [7, 11) is -1.68. The Morgan fingerprint density at radius 3 is 1.36 bits per heavy atom. The highest BCUT2D eigenvalue weighted by Crippen LogP contribution is 2.53. The number of nitrogens with two attached hydrogens (primary N) is 1. The number of hydrogen-bond donors (Lipinski definition) is 1. The van der Waals surface area contributed by atoms with Crippen molar-refractivity contribution in [3.8, 4) is 11.5 Å². The molecule has 0 unspecified atom stereocenters. The van der Waals surface area contributed by atoms with E-state index >= 15 is 0 Å². The first-order valence-electron chi connectivity index (χ1n) is 13.2. The summed E-state index contributed by atoms with van der Waals surface area (Å²) in [6.07, 6.45) is 0.741. The zero-order valence-electron chi connectivity index (χ0n) is 24.7. The third-order valence-corrected chi connectivity index (χ3v) is 7.76. The summed E-state index contributed by atoms with van der Waals surface area (Å²) < 4.78 is 19.4. The maximum atomic E-state index is 6.65. The number of fused-ring (bicyclic) bond motifs is 2. The van der Waals surface area contributed by atoms with Crippen molar-refractivity contribution in [3.63, 3.8) is 0 Å². The third-order valence-electron chi connectivity index (χ3n) is 6.71. The predicted molar refractivity (Wildman–Crippen MR) is 154 cm³/mol. The van der Waals surface area contributed by atoms with Gasteiger partial charge in [-0.3, -0.25) is 4.52 Å². The molecule has 36 heavy (non-hydrogen) atoms. The molecule has 4 nitrogen and oxygen atoms in total. The van der Waals surface area contributed by atoms with Gasteiger partial charge in [-0.2, -0.15) is 0 Å². The summed E-state index contributed by atoms with van der Waals surface area (Å²) in [6, 6.07) is 9.28. The second-order valence-corrected chi connectivity index (χ2v) is 15.3. The number of hydrogen-bond acceptors (Lipinski definition) is 4. The van der Waals surface area contributed by atoms with Crippen LogP contribution in [0.4, 0.5) is 0 Å². The van der Waals surface area contributed by atoms with Crippen molar-refractivity contribution in [1.82, 2.24) is 0 Å². The topological polar surface area (TPSA) is 53.7 Å². The van der Waals surface area contributed by atoms with E-state index < -0.39 is 8.60 Å². The Morgan fingerprint density at radius 1 is 0.667 bits per heavy atom. The SMILES string of the molecule is CC(C)(C)c1cc2c(c(C(C)(C)C)c1)OP(OCCN)Oc1c(cc(C(C)(C)C)cc1C(C)(C)C)C2. The van der Waals surface area contributed by atoms with Crippen LogP contribution in [0.2, 0.25) is 0 Å². The Morgan fingerprint density at radius 2 is 1.06 bits per heavy atom. The molecule has 0 fully saturated rings. The van der Waals surface area contributed by atoms with E-state index in [-0.39, 0.29) is 21.7 Å². The van der Waals surface area contributed by atoms with Gasteiger partial charge in [0.1, 0.15) is 11.5 Å². The molecule has 2 N–H and O–H groups in total. The summed E-state index contributed by atoms with van der Waals surface area (Å²) in [5.74, 6) is 1.78. The van der Waals surface area contributed by atoms with Gasteiger partial charge in [0, 0.05) is 24.1 Å². The van der Waals surface area contributed by atoms with E-state index in [2.05, 4.69) is 107 Å². The van der Waals surface area contributed by atoms with Crippen LogP contribution in [-0.4, -0.2) is 13.2 Å². The highest BCUT2D eigenvalue weighted by atomic mass is 31.2. The van der Waals surface area contributed by atoms with Gasteiger partial charge in [-0.25, -0.2) is 0 Å². The molecule has 1 aliphatic rings. The van der Waals surface area contributed by atoms with Gasteiger partial charge >= 0.3 is 8.60 Å². The molecule has 0 aliphatic carbocycles. The van der Waals surface area contributed by atoms with Crippen LogP contribution in [0.15, 0.2) is 24.3 Å². The minimum atomic E-state index is -1.68. The van der Waals surface area contributed by atoms with Crippen molar-refractivity contribution in [2.75, 3.05) is 13.2 Å². The van der Waals surface area contributed by atoms with Gasteiger partial charge in [-0.15, -0.1) is 0 Å². The van der Waals surface area contributed by atoms with Crippen LogP contribution >= 0.6 is 8.60 Å². The Balaban J connectivity index is 2.38. The average Bonchev–Trinajstić information content (AvgIpc) is 2.68. The smallest absolute Gasteiger partial charge is 0.417 e. The van der Waals surface area contributed by atoms with Gasteiger partial charge in [-0.05, 0) is 43.9 Å². The Hall–Kier alpha value is -1.61. The van der Waals surface area contributed by atoms with Gasteiger partial charge in [0.05, 0.1) is 6.61 Å². The molecule has 0 spiro atoms. The molecule has 0 bridgehead atoms. The third kappa shape index (κ3) is 6.44. The normalized spacial score (nSPS) is 15.4. The fraction of sp³-hybridized carbons (Fsp3) is 0.613. The van der Waals surface area contributed by atoms with Gasteiger partial charge in [0.2, 0.25) is 0 Å². The number of benzene rings is 2. The zero-order chi connectivity index (χ0) is 27.3. The first-order chi connectivity index (χ1) is 16.3. The Bertz CT molecular complexity index is 1010. The molecule has 0 atom stereocenters. The number of rotatable bonds is 3. The second-order valence-electron chi connectivity index (χ2n) is 14.2. The summed E-state index contributed by atoms with van der Waals surface area (Å²) in [4.78, 5) is 0. The van der Waals surface area contributed by atoms with Gasteiger partial charge in [0.25, 0.3) is 0 Å². The molecule has 0 amide bonds. The molecule has 1 heterocycles. The molecule has 2 aromatic rings. The summed E-state index contributed by atoms with van der Waals surface area (Å²) in [5, 5.41) is 0. The van der Waals surface area contributed by atoms with Gasteiger partial charge < -0.3 is 14.8 Å². The predicted octanol–water partition coefficient (Wildman–Crippen LogP) is 8.44. The van der Waals surface area contributed by atoms with Crippen molar-refractivity contribution < 1.29 is 13.6 Å². The molecule has 5 heteroatoms. The molecule has 0 aromatic heterocycles. The van der Waals surface area contributed by atoms with E-state index in [0.29, 0.717) is 13.2 Å². The molecular weight excluding hydrogens is 465 g/mol. The molecular formula is C31H48NO3P. The Labute approximate surface area is 221 Å². The average molecular weight is 514 g/mol. The van der Waals surface area contributed by atoms with E-state index in [1.54, 1.807) is 0 Å². The summed E-state index contributed by atoms with van der Waals surface area (Å²) in [6.45, 7) is 27.9. The molecule has 3 rings (SSSR count). The van der Waals surface area contributed by atoms with Crippen LogP contribution in [0.1, 0.15) is 116 Å². The highest BCUT2D eigenvalue weighted by Gasteiger charge is 2.35. The van der Waals surface area contributed by atoms with Crippen LogP contribution in [0.25, 0.3) is 0 Å². The molecule has 0 saturated heterocycles. The lowest BCUT2D eigenvalue weighted by Gasteiger charge is -2.34. The first-order valence-corrected chi connectivity index (χ1v) is 14.3. The maximum Gasteiger partial charge on any atom is 0.463 e. The monoisotopic (exact) mass is 513 g/mol. The molecule has 200 valence electrons. The standard InChI is InChI=1S/C31H48NO3P/c1-28(2,3)22-16-20-15-21-17-23(29(4,5)6)19-25(31(10,11)12)27(21)35-36(33-14-13-32)34-26(20)24(18-22)30(7,8)9/h16-19H,13-15,32H2,1-12H3. The van der Waals surface area contributed by atoms with Crippen molar-refractivity contribution in [3.05, 3.63) is 57.6 Å². The molecule has 0 radical (unpaired) electrons. The van der Waals surface area contributed by atoms with Crippen molar-refractivity contribution in [1.29, 1.82) is 0 Å². The maximum absolute atomic E-state index is 6.65. The van der Waals surface area contributed by atoms with E-state index in [0.717, 1.165) is 17.9 Å². The minimum Gasteiger partial charge on any atom is -0.417 e. The van der Waals surface area contributed by atoms with E-state index in [9.17, 15) is 0 Å². The van der Waals surface area contributed by atoms with E-state index in [1.807, 2.05) is 0 Å². The first kappa shape index (κ1) is 29.0. The minimum absolute atomic E-state index is 0.0152. The van der Waals surface area contributed by atoms with Crippen LogP contribution < -0.4 is 14.8 Å². The van der Waals surface area contributed by atoms with E-state index in [4.69, 9.17) is 19.3 Å². The highest BCUT2D eigenvalue weighted by molar-refractivity contribution is 7.42. The fourth-order valence-electron chi connectivity index (χ4n) is 4.39. The lowest BCUT2D eigenvalue weighted by atomic mass is 9.76. The van der Waals surface area contributed by atoms with Crippen LogP contribution in [-0.2, 0) is 32.6 Å². The molecule has 1 aliphatic heterocycles. The molecule has 2 aromatic carbocycles. The Kier molecular flexibility index (Phi) is 7.99. The van der Waals surface area contributed by atoms with Crippen LogP contribution in [0, 0.1) is 0 Å². The second kappa shape index (κ2) is 9.93. The lowest BCUT2D eigenvalue weighted by Crippen LogP contribution is -2.22. The summed E-state index contributed by atoms with van der Waals surface area (Å²) in [5.41, 5.74) is 13.0. The van der Waals surface area contributed by atoms with Crippen LogP contribution in [0.3, 0.4) is 0 Å². The largest absolute Gasteiger partial charge is 0.463 e. The van der Waals surface area contributed by atoms with Gasteiger partial charge in [-0.1, -0.05) is 107 Å². The van der Waals surface area contributed by atoms with Gasteiger partial charge in [0.15, 0.2) is 0 Å². The fourth-order valence-corrected chi connectivity index (χ4v) is 5.52. The lowest BCUT2D eigenvalue weighted by molar-refractivity contribution is 0.267. The summed E-state index contributed by atoms with van der Waals surface area (Å²) >= 11 is 0.